The number of carbonyl (C=O) groups excluding carboxylic acids is 1. The maximum Gasteiger partial charge on any atom is 0.270 e. The largest absolute Gasteiger partial charge is 0.391 e. The number of nitrogens with one attached hydrogen (secondary N) is 2. The molecule has 2 atom stereocenters. The van der Waals surface area contributed by atoms with Crippen LogP contribution in [-0.2, 0) is 0 Å². The molecule has 1 amide bonds. The molecule has 2 aromatic rings. The molecular formula is C15H16ClN3O2S. The van der Waals surface area contributed by atoms with Gasteiger partial charge in [-0.15, -0.1) is 11.3 Å². The number of nitrogens with zero attached hydrogens (tertiary/aromatic N) is 1. The van der Waals surface area contributed by atoms with Crippen molar-refractivity contribution in [2.45, 2.75) is 6.10 Å². The lowest BCUT2D eigenvalue weighted by atomic mass is 10.1. The van der Waals surface area contributed by atoms with Crippen LogP contribution in [0.3, 0.4) is 0 Å². The van der Waals surface area contributed by atoms with Crippen LogP contribution in [-0.4, -0.2) is 41.7 Å². The lowest BCUT2D eigenvalue weighted by Crippen LogP contribution is -2.34. The molecule has 0 bridgehead atoms. The second kappa shape index (κ2) is 6.75. The van der Waals surface area contributed by atoms with E-state index in [1.165, 1.54) is 11.3 Å². The number of aliphatic hydroxyl groups excluding tert-OH is 1. The van der Waals surface area contributed by atoms with Crippen molar-refractivity contribution >= 4 is 28.8 Å². The van der Waals surface area contributed by atoms with Crippen molar-refractivity contribution in [3.63, 3.8) is 0 Å². The molecule has 7 heteroatoms. The summed E-state index contributed by atoms with van der Waals surface area (Å²) >= 11 is 7.28. The Morgan fingerprint density at radius 1 is 1.41 bits per heavy atom. The van der Waals surface area contributed by atoms with E-state index in [2.05, 4.69) is 15.6 Å². The van der Waals surface area contributed by atoms with Crippen LogP contribution in [0.5, 0.6) is 0 Å². The zero-order chi connectivity index (χ0) is 15.5. The Balaban J connectivity index is 1.63. The van der Waals surface area contributed by atoms with Gasteiger partial charge in [-0.3, -0.25) is 4.79 Å². The topological polar surface area (TPSA) is 74.2 Å². The van der Waals surface area contributed by atoms with Gasteiger partial charge < -0.3 is 15.7 Å². The van der Waals surface area contributed by atoms with Gasteiger partial charge in [-0.05, 0) is 12.1 Å². The van der Waals surface area contributed by atoms with Crippen molar-refractivity contribution in [3.05, 3.63) is 40.4 Å². The third kappa shape index (κ3) is 3.47. The van der Waals surface area contributed by atoms with Crippen LogP contribution in [0.25, 0.3) is 10.6 Å². The zero-order valence-electron chi connectivity index (χ0n) is 11.8. The maximum absolute atomic E-state index is 12.1. The van der Waals surface area contributed by atoms with E-state index in [4.69, 9.17) is 11.6 Å². The number of aliphatic hydroxyl groups is 1. The number of rotatable bonds is 4. The van der Waals surface area contributed by atoms with Gasteiger partial charge in [0.1, 0.15) is 10.7 Å². The first-order valence-corrected chi connectivity index (χ1v) is 8.27. The monoisotopic (exact) mass is 337 g/mol. The molecule has 0 aliphatic carbocycles. The minimum atomic E-state index is -0.402. The highest BCUT2D eigenvalue weighted by Gasteiger charge is 2.25. The molecule has 1 aromatic heterocycles. The number of hydrogen-bond acceptors (Lipinski definition) is 5. The highest BCUT2D eigenvalue weighted by Crippen LogP contribution is 2.25. The third-order valence-electron chi connectivity index (χ3n) is 3.66. The van der Waals surface area contributed by atoms with E-state index < -0.39 is 6.10 Å². The molecule has 3 N–H and O–H groups in total. The second-order valence-corrected chi connectivity index (χ2v) is 6.54. The van der Waals surface area contributed by atoms with Gasteiger partial charge in [0.15, 0.2) is 0 Å². The van der Waals surface area contributed by atoms with Crippen molar-refractivity contribution in [2.75, 3.05) is 19.6 Å². The zero-order valence-corrected chi connectivity index (χ0v) is 13.3. The SMILES string of the molecule is O=C(NCC1CNCC1O)c1csc(-c2ccc(Cl)cc2)n1. The van der Waals surface area contributed by atoms with Crippen molar-refractivity contribution in [2.24, 2.45) is 5.92 Å². The first-order valence-electron chi connectivity index (χ1n) is 7.02. The number of carbonyl (C=O) groups is 1. The Morgan fingerprint density at radius 2 is 2.18 bits per heavy atom. The molecule has 2 unspecified atom stereocenters. The van der Waals surface area contributed by atoms with Crippen molar-refractivity contribution in [1.82, 2.24) is 15.6 Å². The van der Waals surface area contributed by atoms with Gasteiger partial charge in [-0.25, -0.2) is 4.98 Å². The Hall–Kier alpha value is -1.47. The van der Waals surface area contributed by atoms with Gasteiger partial charge in [-0.1, -0.05) is 23.7 Å². The molecule has 22 heavy (non-hydrogen) atoms. The molecule has 2 heterocycles. The first kappa shape index (κ1) is 15.4. The Morgan fingerprint density at radius 3 is 2.86 bits per heavy atom. The highest BCUT2D eigenvalue weighted by atomic mass is 35.5. The van der Waals surface area contributed by atoms with Crippen LogP contribution in [0.15, 0.2) is 29.6 Å². The number of β-amino-alcohol motifs (C(OH)–C–C–N with tert-alkyl or cyclic N) is 1. The summed E-state index contributed by atoms with van der Waals surface area (Å²) in [6, 6.07) is 7.35. The smallest absolute Gasteiger partial charge is 0.270 e. The molecule has 0 radical (unpaired) electrons. The summed E-state index contributed by atoms with van der Waals surface area (Å²) in [5.74, 6) is -0.158. The van der Waals surface area contributed by atoms with Crippen LogP contribution < -0.4 is 10.6 Å². The van der Waals surface area contributed by atoms with Crippen LogP contribution >= 0.6 is 22.9 Å². The molecule has 1 aliphatic rings. The summed E-state index contributed by atoms with van der Waals surface area (Å²) in [4.78, 5) is 16.5. The third-order valence-corrected chi connectivity index (χ3v) is 4.80. The number of amides is 1. The number of aromatic nitrogens is 1. The van der Waals surface area contributed by atoms with E-state index in [-0.39, 0.29) is 11.8 Å². The Kier molecular flexibility index (Phi) is 4.73. The number of benzene rings is 1. The van der Waals surface area contributed by atoms with E-state index in [0.717, 1.165) is 10.6 Å². The van der Waals surface area contributed by atoms with Gasteiger partial charge in [0.2, 0.25) is 0 Å². The average molecular weight is 338 g/mol. The highest BCUT2D eigenvalue weighted by molar-refractivity contribution is 7.13. The molecule has 116 valence electrons. The van der Waals surface area contributed by atoms with E-state index in [9.17, 15) is 9.90 Å². The molecule has 1 aromatic carbocycles. The van der Waals surface area contributed by atoms with Crippen molar-refractivity contribution < 1.29 is 9.90 Å². The van der Waals surface area contributed by atoms with Crippen molar-refractivity contribution in [3.8, 4) is 10.6 Å². The quantitative estimate of drug-likeness (QED) is 0.795. The maximum atomic E-state index is 12.1. The van der Waals surface area contributed by atoms with E-state index in [1.54, 1.807) is 17.5 Å². The average Bonchev–Trinajstić information content (AvgIpc) is 3.15. The lowest BCUT2D eigenvalue weighted by molar-refractivity contribution is 0.0923. The van der Waals surface area contributed by atoms with Gasteiger partial charge >= 0.3 is 0 Å². The van der Waals surface area contributed by atoms with Gasteiger partial charge in [0.25, 0.3) is 5.91 Å². The summed E-state index contributed by atoms with van der Waals surface area (Å²) in [7, 11) is 0. The van der Waals surface area contributed by atoms with Crippen LogP contribution in [0.4, 0.5) is 0 Å². The second-order valence-electron chi connectivity index (χ2n) is 5.24. The fraction of sp³-hybridized carbons (Fsp3) is 0.333. The van der Waals surface area contributed by atoms with Crippen LogP contribution in [0, 0.1) is 5.92 Å². The summed E-state index contributed by atoms with van der Waals surface area (Å²) in [6.07, 6.45) is -0.402. The Bertz CT molecular complexity index is 659. The molecule has 5 nitrogen and oxygen atoms in total. The molecule has 0 spiro atoms. The summed E-state index contributed by atoms with van der Waals surface area (Å²) < 4.78 is 0. The Labute approximate surface area is 137 Å². The minimum absolute atomic E-state index is 0.0540. The molecule has 1 aliphatic heterocycles. The van der Waals surface area contributed by atoms with E-state index >= 15 is 0 Å². The van der Waals surface area contributed by atoms with E-state index in [1.807, 2.05) is 12.1 Å². The van der Waals surface area contributed by atoms with Gasteiger partial charge in [0.05, 0.1) is 6.10 Å². The van der Waals surface area contributed by atoms with Gasteiger partial charge in [0, 0.05) is 41.5 Å². The molecular weight excluding hydrogens is 322 g/mol. The molecule has 1 saturated heterocycles. The molecule has 1 fully saturated rings. The number of hydrogen-bond donors (Lipinski definition) is 3. The van der Waals surface area contributed by atoms with Crippen LogP contribution in [0.1, 0.15) is 10.5 Å². The normalized spacial score (nSPS) is 21.0. The molecule has 3 rings (SSSR count). The predicted molar refractivity (Wildman–Crippen MR) is 87.3 cm³/mol. The summed E-state index contributed by atoms with van der Waals surface area (Å²) in [5.41, 5.74) is 1.33. The minimum Gasteiger partial charge on any atom is -0.391 e. The number of thiazole rings is 1. The van der Waals surface area contributed by atoms with Crippen LogP contribution in [0.2, 0.25) is 5.02 Å². The fourth-order valence-corrected chi connectivity index (χ4v) is 3.28. The fourth-order valence-electron chi connectivity index (χ4n) is 2.34. The van der Waals surface area contributed by atoms with Gasteiger partial charge in [-0.2, -0.15) is 0 Å². The van der Waals surface area contributed by atoms with E-state index in [0.29, 0.717) is 30.4 Å². The predicted octanol–water partition coefficient (Wildman–Crippen LogP) is 1.77. The molecule has 0 saturated carbocycles. The number of halogens is 1. The van der Waals surface area contributed by atoms with Crippen molar-refractivity contribution in [1.29, 1.82) is 0 Å². The first-order chi connectivity index (χ1) is 10.6. The lowest BCUT2D eigenvalue weighted by Gasteiger charge is -2.13. The standard InChI is InChI=1S/C15H16ClN3O2S/c16-11-3-1-9(2-4-11)15-19-12(8-22-15)14(21)18-6-10-5-17-7-13(10)20/h1-4,8,10,13,17,20H,5-7H2,(H,18,21). The summed E-state index contributed by atoms with van der Waals surface area (Å²) in [5, 5.41) is 18.8. The summed E-state index contributed by atoms with van der Waals surface area (Å²) in [6.45, 7) is 1.74.